The number of ketones is 1. The molecule has 0 radical (unpaired) electrons. The predicted octanol–water partition coefficient (Wildman–Crippen LogP) is 3.21. The number of hydrogen-bond acceptors (Lipinski definition) is 5. The molecule has 1 heterocycles. The molecule has 2 aromatic rings. The van der Waals surface area contributed by atoms with Gasteiger partial charge in [0.05, 0.1) is 17.5 Å². The maximum Gasteiger partial charge on any atom is 0.307 e. The lowest BCUT2D eigenvalue weighted by Crippen LogP contribution is -2.33. The molecule has 132 valence electrons. The zero-order valence-corrected chi connectivity index (χ0v) is 15.2. The first kappa shape index (κ1) is 18.0. The van der Waals surface area contributed by atoms with Gasteiger partial charge in [-0.3, -0.25) is 19.2 Å². The summed E-state index contributed by atoms with van der Waals surface area (Å²) in [6.07, 6.45) is -0.138. The lowest BCUT2D eigenvalue weighted by Gasteiger charge is -2.13. The lowest BCUT2D eigenvalue weighted by molar-refractivity contribution is -0.146. The van der Waals surface area contributed by atoms with E-state index in [0.29, 0.717) is 16.7 Å². The number of benzene rings is 2. The molecule has 0 spiro atoms. The number of carbonyl (C=O) groups is 4. The van der Waals surface area contributed by atoms with Crippen LogP contribution >= 0.6 is 15.9 Å². The summed E-state index contributed by atoms with van der Waals surface area (Å²) >= 11 is 3.28. The number of nitrogens with zero attached hydrogens (tertiary/aromatic N) is 1. The number of carbonyl (C=O) groups excluding carboxylic acids is 4. The van der Waals surface area contributed by atoms with Crippen LogP contribution in [0.5, 0.6) is 0 Å². The van der Waals surface area contributed by atoms with Crippen molar-refractivity contribution in [1.82, 2.24) is 4.90 Å². The summed E-state index contributed by atoms with van der Waals surface area (Å²) in [6, 6.07) is 13.2. The fraction of sp³-hybridized carbons (Fsp3) is 0.158. The van der Waals surface area contributed by atoms with Gasteiger partial charge in [-0.05, 0) is 24.3 Å². The van der Waals surface area contributed by atoms with Gasteiger partial charge in [0.15, 0.2) is 12.5 Å². The minimum absolute atomic E-state index is 0.0113. The smallest absolute Gasteiger partial charge is 0.307 e. The molecule has 1 aliphatic heterocycles. The quantitative estimate of drug-likeness (QED) is 0.411. The average molecular weight is 416 g/mol. The molecule has 26 heavy (non-hydrogen) atoms. The second kappa shape index (κ2) is 7.61. The highest BCUT2D eigenvalue weighted by atomic mass is 79.9. The Morgan fingerprint density at radius 1 is 0.885 bits per heavy atom. The van der Waals surface area contributed by atoms with Gasteiger partial charge in [-0.1, -0.05) is 40.2 Å². The Labute approximate surface area is 157 Å². The molecule has 0 saturated heterocycles. The molecule has 7 heteroatoms. The molecule has 0 bridgehead atoms. The van der Waals surface area contributed by atoms with E-state index >= 15 is 0 Å². The van der Waals surface area contributed by atoms with Crippen LogP contribution in [0.4, 0.5) is 0 Å². The Morgan fingerprint density at radius 3 is 2.04 bits per heavy atom. The zero-order valence-electron chi connectivity index (χ0n) is 13.6. The number of fused-ring (bicyclic) bond motifs is 1. The van der Waals surface area contributed by atoms with Gasteiger partial charge < -0.3 is 4.74 Å². The SMILES string of the molecule is O=C(CCC(=O)c1ccc(Br)cc1)OCN1C(=O)c2ccccc2C1=O. The van der Waals surface area contributed by atoms with E-state index in [1.807, 2.05) is 0 Å². The van der Waals surface area contributed by atoms with Crippen LogP contribution in [0.3, 0.4) is 0 Å². The summed E-state index contributed by atoms with van der Waals surface area (Å²) < 4.78 is 5.84. The van der Waals surface area contributed by atoms with Crippen LogP contribution in [-0.2, 0) is 9.53 Å². The van der Waals surface area contributed by atoms with Gasteiger partial charge in [0.1, 0.15) is 0 Å². The first-order valence-corrected chi connectivity index (χ1v) is 8.66. The van der Waals surface area contributed by atoms with Crippen molar-refractivity contribution in [2.75, 3.05) is 6.73 Å². The summed E-state index contributed by atoms with van der Waals surface area (Å²) in [5, 5.41) is 0. The topological polar surface area (TPSA) is 80.8 Å². The number of esters is 1. The first-order chi connectivity index (χ1) is 12.5. The van der Waals surface area contributed by atoms with Gasteiger partial charge >= 0.3 is 5.97 Å². The van der Waals surface area contributed by atoms with Gasteiger partial charge in [0, 0.05) is 16.5 Å². The number of ether oxygens (including phenoxy) is 1. The molecule has 0 N–H and O–H groups in total. The molecule has 6 nitrogen and oxygen atoms in total. The Balaban J connectivity index is 1.50. The molecule has 0 fully saturated rings. The number of imide groups is 1. The summed E-state index contributed by atoms with van der Waals surface area (Å²) in [5.74, 6) is -1.82. The zero-order chi connectivity index (χ0) is 18.7. The van der Waals surface area contributed by atoms with Crippen LogP contribution < -0.4 is 0 Å². The van der Waals surface area contributed by atoms with Gasteiger partial charge in [-0.2, -0.15) is 0 Å². The summed E-state index contributed by atoms with van der Waals surface area (Å²) in [7, 11) is 0. The number of halogens is 1. The Morgan fingerprint density at radius 2 is 1.46 bits per heavy atom. The molecule has 0 unspecified atom stereocenters. The lowest BCUT2D eigenvalue weighted by atomic mass is 10.1. The van der Waals surface area contributed by atoms with E-state index in [2.05, 4.69) is 15.9 Å². The largest absolute Gasteiger partial charge is 0.444 e. The van der Waals surface area contributed by atoms with Gasteiger partial charge in [0.2, 0.25) is 0 Å². The number of rotatable bonds is 6. The van der Waals surface area contributed by atoms with Gasteiger partial charge in [0.25, 0.3) is 11.8 Å². The number of Topliss-reactive ketones (excluding diaryl/α,β-unsaturated/α-hetero) is 1. The van der Waals surface area contributed by atoms with Crippen molar-refractivity contribution in [1.29, 1.82) is 0 Å². The normalized spacial score (nSPS) is 12.9. The predicted molar refractivity (Wildman–Crippen MR) is 95.6 cm³/mol. The monoisotopic (exact) mass is 415 g/mol. The molecule has 0 aromatic heterocycles. The van der Waals surface area contributed by atoms with Crippen LogP contribution in [0, 0.1) is 0 Å². The van der Waals surface area contributed by atoms with E-state index in [1.165, 1.54) is 0 Å². The first-order valence-electron chi connectivity index (χ1n) is 7.87. The average Bonchev–Trinajstić information content (AvgIpc) is 2.89. The summed E-state index contributed by atoms with van der Waals surface area (Å²) in [6.45, 7) is -0.461. The van der Waals surface area contributed by atoms with E-state index in [1.54, 1.807) is 48.5 Å². The third-order valence-electron chi connectivity index (χ3n) is 3.96. The highest BCUT2D eigenvalue weighted by molar-refractivity contribution is 9.10. The van der Waals surface area contributed by atoms with Crippen LogP contribution in [0.1, 0.15) is 43.9 Å². The highest BCUT2D eigenvalue weighted by Gasteiger charge is 2.35. The van der Waals surface area contributed by atoms with E-state index in [-0.39, 0.29) is 18.6 Å². The fourth-order valence-corrected chi connectivity index (χ4v) is 2.83. The van der Waals surface area contributed by atoms with Gasteiger partial charge in [-0.25, -0.2) is 4.90 Å². The fourth-order valence-electron chi connectivity index (χ4n) is 2.56. The minimum atomic E-state index is -0.646. The molecule has 2 amide bonds. The molecule has 0 atom stereocenters. The third kappa shape index (κ3) is 3.72. The van der Waals surface area contributed by atoms with Crippen molar-refractivity contribution < 1.29 is 23.9 Å². The Hall–Kier alpha value is -2.80. The standard InChI is InChI=1S/C19H14BrNO5/c20-13-7-5-12(6-8-13)16(22)9-10-17(23)26-11-21-18(24)14-3-1-2-4-15(14)19(21)25/h1-8H,9-11H2. The van der Waals surface area contributed by atoms with E-state index in [0.717, 1.165) is 9.37 Å². The second-order valence-electron chi connectivity index (χ2n) is 5.66. The van der Waals surface area contributed by atoms with Gasteiger partial charge in [-0.15, -0.1) is 0 Å². The van der Waals surface area contributed by atoms with Crippen molar-refractivity contribution >= 4 is 39.5 Å². The van der Waals surface area contributed by atoms with Crippen LogP contribution in [-0.4, -0.2) is 35.2 Å². The second-order valence-corrected chi connectivity index (χ2v) is 6.58. The molecule has 1 aliphatic rings. The maximum atomic E-state index is 12.2. The van der Waals surface area contributed by atoms with E-state index in [4.69, 9.17) is 4.74 Å². The molecular weight excluding hydrogens is 402 g/mol. The third-order valence-corrected chi connectivity index (χ3v) is 4.48. The minimum Gasteiger partial charge on any atom is -0.444 e. The summed E-state index contributed by atoms with van der Waals surface area (Å²) in [5.41, 5.74) is 1.08. The maximum absolute atomic E-state index is 12.2. The highest BCUT2D eigenvalue weighted by Crippen LogP contribution is 2.22. The summed E-state index contributed by atoms with van der Waals surface area (Å²) in [4.78, 5) is 49.1. The Bertz CT molecular complexity index is 856. The van der Waals surface area contributed by atoms with E-state index < -0.39 is 24.5 Å². The molecule has 3 rings (SSSR count). The van der Waals surface area contributed by atoms with Crippen molar-refractivity contribution in [3.63, 3.8) is 0 Å². The van der Waals surface area contributed by atoms with Crippen LogP contribution in [0.15, 0.2) is 53.0 Å². The molecule has 2 aromatic carbocycles. The van der Waals surface area contributed by atoms with E-state index in [9.17, 15) is 19.2 Å². The van der Waals surface area contributed by atoms with Crippen LogP contribution in [0.2, 0.25) is 0 Å². The number of hydrogen-bond donors (Lipinski definition) is 0. The molecule has 0 aliphatic carbocycles. The number of amides is 2. The van der Waals surface area contributed by atoms with Crippen molar-refractivity contribution in [3.8, 4) is 0 Å². The van der Waals surface area contributed by atoms with Crippen molar-refractivity contribution in [2.45, 2.75) is 12.8 Å². The van der Waals surface area contributed by atoms with Crippen molar-refractivity contribution in [3.05, 3.63) is 69.7 Å². The van der Waals surface area contributed by atoms with Crippen LogP contribution in [0.25, 0.3) is 0 Å². The van der Waals surface area contributed by atoms with Crippen molar-refractivity contribution in [2.24, 2.45) is 0 Å². The molecule has 0 saturated carbocycles. The molecular formula is C19H14BrNO5. The Kier molecular flexibility index (Phi) is 5.27.